The summed E-state index contributed by atoms with van der Waals surface area (Å²) in [4.78, 5) is 4.71. The van der Waals surface area contributed by atoms with E-state index in [1.165, 1.54) is 30.3 Å². The molecule has 2 atom stereocenters. The monoisotopic (exact) mass is 278 g/mol. The minimum Gasteiger partial charge on any atom is -0.324 e. The van der Waals surface area contributed by atoms with Crippen LogP contribution in [0, 0.1) is 6.92 Å². The molecule has 0 radical (unpaired) electrons. The van der Waals surface area contributed by atoms with Gasteiger partial charge in [0.2, 0.25) is 0 Å². The molecular formula is C16H23ClN2. The molecule has 0 aliphatic carbocycles. The number of rotatable bonds is 5. The zero-order chi connectivity index (χ0) is 14.0. The second kappa shape index (κ2) is 5.96. The van der Waals surface area contributed by atoms with Gasteiger partial charge in [0, 0.05) is 6.04 Å². The Morgan fingerprint density at radius 3 is 2.68 bits per heavy atom. The van der Waals surface area contributed by atoms with Crippen molar-refractivity contribution in [1.82, 2.24) is 9.55 Å². The van der Waals surface area contributed by atoms with Crippen LogP contribution in [0.3, 0.4) is 0 Å². The van der Waals surface area contributed by atoms with Crippen molar-refractivity contribution in [2.45, 2.75) is 58.4 Å². The first-order valence-corrected chi connectivity index (χ1v) is 7.60. The van der Waals surface area contributed by atoms with Gasteiger partial charge in [-0.1, -0.05) is 25.8 Å². The lowest BCUT2D eigenvalue weighted by molar-refractivity contribution is 0.480. The standard InChI is InChI=1S/C16H23ClN2/c1-5-6-7-12(3)19-15-10-11(2)8-9-14(15)18-16(19)13(4)17/h8-10,12-13H,5-7H2,1-4H3. The van der Waals surface area contributed by atoms with Gasteiger partial charge in [-0.15, -0.1) is 11.6 Å². The third kappa shape index (κ3) is 2.94. The molecule has 0 aliphatic rings. The Hall–Kier alpha value is -1.02. The Morgan fingerprint density at radius 1 is 1.32 bits per heavy atom. The van der Waals surface area contributed by atoms with Crippen molar-refractivity contribution in [2.24, 2.45) is 0 Å². The van der Waals surface area contributed by atoms with Crippen LogP contribution in [0.5, 0.6) is 0 Å². The van der Waals surface area contributed by atoms with E-state index in [-0.39, 0.29) is 5.38 Å². The first kappa shape index (κ1) is 14.4. The van der Waals surface area contributed by atoms with E-state index in [0.29, 0.717) is 6.04 Å². The Labute approximate surface area is 120 Å². The first-order valence-electron chi connectivity index (χ1n) is 7.17. The van der Waals surface area contributed by atoms with Gasteiger partial charge in [-0.3, -0.25) is 0 Å². The highest BCUT2D eigenvalue weighted by Gasteiger charge is 2.18. The van der Waals surface area contributed by atoms with Crippen LogP contribution in [-0.2, 0) is 0 Å². The van der Waals surface area contributed by atoms with E-state index in [1.807, 2.05) is 6.92 Å². The molecule has 1 aromatic heterocycles. The van der Waals surface area contributed by atoms with Crippen LogP contribution >= 0.6 is 11.6 Å². The molecule has 2 nitrogen and oxygen atoms in total. The second-order valence-electron chi connectivity index (χ2n) is 5.44. The maximum Gasteiger partial charge on any atom is 0.127 e. The molecule has 1 heterocycles. The Balaban J connectivity index is 2.53. The van der Waals surface area contributed by atoms with Crippen molar-refractivity contribution in [3.8, 4) is 0 Å². The summed E-state index contributed by atoms with van der Waals surface area (Å²) in [6, 6.07) is 6.87. The lowest BCUT2D eigenvalue weighted by Crippen LogP contribution is -2.10. The summed E-state index contributed by atoms with van der Waals surface area (Å²) in [7, 11) is 0. The van der Waals surface area contributed by atoms with Crippen molar-refractivity contribution in [2.75, 3.05) is 0 Å². The molecule has 0 N–H and O–H groups in total. The zero-order valence-electron chi connectivity index (χ0n) is 12.3. The maximum atomic E-state index is 6.31. The number of hydrogen-bond acceptors (Lipinski definition) is 1. The molecule has 0 amide bonds. The van der Waals surface area contributed by atoms with E-state index >= 15 is 0 Å². The fourth-order valence-electron chi connectivity index (χ4n) is 2.59. The number of fused-ring (bicyclic) bond motifs is 1. The SMILES string of the molecule is CCCCC(C)n1c(C(C)Cl)nc2ccc(C)cc21. The van der Waals surface area contributed by atoms with E-state index in [4.69, 9.17) is 16.6 Å². The third-order valence-corrected chi connectivity index (χ3v) is 3.84. The van der Waals surface area contributed by atoms with Gasteiger partial charge in [-0.2, -0.15) is 0 Å². The lowest BCUT2D eigenvalue weighted by atomic mass is 10.1. The third-order valence-electron chi connectivity index (χ3n) is 3.64. The topological polar surface area (TPSA) is 17.8 Å². The zero-order valence-corrected chi connectivity index (χ0v) is 13.0. The van der Waals surface area contributed by atoms with E-state index < -0.39 is 0 Å². The number of imidazole rings is 1. The van der Waals surface area contributed by atoms with Crippen molar-refractivity contribution in [1.29, 1.82) is 0 Å². The molecule has 0 fully saturated rings. The van der Waals surface area contributed by atoms with Crippen LogP contribution in [0.4, 0.5) is 0 Å². The van der Waals surface area contributed by atoms with E-state index in [1.54, 1.807) is 0 Å². The number of aromatic nitrogens is 2. The summed E-state index contributed by atoms with van der Waals surface area (Å²) in [5.74, 6) is 0.992. The quantitative estimate of drug-likeness (QED) is 0.670. The summed E-state index contributed by atoms with van der Waals surface area (Å²) in [6.07, 6.45) is 3.64. The van der Waals surface area contributed by atoms with Crippen molar-refractivity contribution < 1.29 is 0 Å². The number of halogens is 1. The van der Waals surface area contributed by atoms with Gasteiger partial charge >= 0.3 is 0 Å². The van der Waals surface area contributed by atoms with Crippen LogP contribution in [0.2, 0.25) is 0 Å². The van der Waals surface area contributed by atoms with Gasteiger partial charge in [0.25, 0.3) is 0 Å². The fourth-order valence-corrected chi connectivity index (χ4v) is 2.75. The molecule has 0 saturated heterocycles. The number of benzene rings is 1. The molecule has 2 unspecified atom stereocenters. The van der Waals surface area contributed by atoms with E-state index in [0.717, 1.165) is 11.3 Å². The molecule has 0 saturated carbocycles. The number of nitrogens with zero attached hydrogens (tertiary/aromatic N) is 2. The van der Waals surface area contributed by atoms with Crippen molar-refractivity contribution >= 4 is 22.6 Å². The van der Waals surface area contributed by atoms with Crippen LogP contribution in [0.15, 0.2) is 18.2 Å². The van der Waals surface area contributed by atoms with Crippen molar-refractivity contribution in [3.05, 3.63) is 29.6 Å². The highest BCUT2D eigenvalue weighted by Crippen LogP contribution is 2.30. The first-order chi connectivity index (χ1) is 9.04. The molecule has 2 rings (SSSR count). The Bertz CT molecular complexity index is 557. The van der Waals surface area contributed by atoms with Gasteiger partial charge in [-0.05, 0) is 44.9 Å². The summed E-state index contributed by atoms with van der Waals surface area (Å²) in [6.45, 7) is 8.62. The largest absolute Gasteiger partial charge is 0.324 e. The minimum absolute atomic E-state index is 0.0585. The smallest absolute Gasteiger partial charge is 0.127 e. The fraction of sp³-hybridized carbons (Fsp3) is 0.562. The summed E-state index contributed by atoms with van der Waals surface area (Å²) < 4.78 is 2.33. The molecular weight excluding hydrogens is 256 g/mol. The molecule has 2 aromatic rings. The minimum atomic E-state index is -0.0585. The summed E-state index contributed by atoms with van der Waals surface area (Å²) in [5.41, 5.74) is 3.53. The molecule has 0 spiro atoms. The molecule has 0 bridgehead atoms. The summed E-state index contributed by atoms with van der Waals surface area (Å²) in [5, 5.41) is -0.0585. The van der Waals surface area contributed by atoms with Gasteiger partial charge in [0.1, 0.15) is 5.82 Å². The predicted octanol–water partition coefficient (Wildman–Crippen LogP) is 5.40. The van der Waals surface area contributed by atoms with Gasteiger partial charge in [0.15, 0.2) is 0 Å². The molecule has 1 aromatic carbocycles. The van der Waals surface area contributed by atoms with E-state index in [9.17, 15) is 0 Å². The molecule has 3 heteroatoms. The number of unbranched alkanes of at least 4 members (excludes halogenated alkanes) is 1. The maximum absolute atomic E-state index is 6.31. The van der Waals surface area contributed by atoms with Crippen LogP contribution in [-0.4, -0.2) is 9.55 Å². The van der Waals surface area contributed by atoms with Gasteiger partial charge in [0.05, 0.1) is 16.4 Å². The highest BCUT2D eigenvalue weighted by molar-refractivity contribution is 6.20. The average molecular weight is 279 g/mol. The number of alkyl halides is 1. The van der Waals surface area contributed by atoms with Crippen LogP contribution in [0.25, 0.3) is 11.0 Å². The summed E-state index contributed by atoms with van der Waals surface area (Å²) >= 11 is 6.31. The normalized spacial score (nSPS) is 14.8. The predicted molar refractivity (Wildman–Crippen MR) is 83.0 cm³/mol. The molecule has 0 aliphatic heterocycles. The number of aryl methyl sites for hydroxylation is 1. The van der Waals surface area contributed by atoms with Gasteiger partial charge < -0.3 is 4.57 Å². The molecule has 104 valence electrons. The lowest BCUT2D eigenvalue weighted by Gasteiger charge is -2.18. The highest BCUT2D eigenvalue weighted by atomic mass is 35.5. The number of hydrogen-bond donors (Lipinski definition) is 0. The van der Waals surface area contributed by atoms with E-state index in [2.05, 4.69) is 43.5 Å². The van der Waals surface area contributed by atoms with Gasteiger partial charge in [-0.25, -0.2) is 4.98 Å². The molecule has 19 heavy (non-hydrogen) atoms. The Morgan fingerprint density at radius 2 is 2.05 bits per heavy atom. The second-order valence-corrected chi connectivity index (χ2v) is 6.09. The Kier molecular flexibility index (Phi) is 4.51. The van der Waals surface area contributed by atoms with Crippen LogP contribution in [0.1, 0.15) is 62.8 Å². The van der Waals surface area contributed by atoms with Crippen molar-refractivity contribution in [3.63, 3.8) is 0 Å². The average Bonchev–Trinajstić information content (AvgIpc) is 2.74. The van der Waals surface area contributed by atoms with Crippen LogP contribution < -0.4 is 0 Å².